The summed E-state index contributed by atoms with van der Waals surface area (Å²) < 4.78 is 0. The highest BCUT2D eigenvalue weighted by atomic mass is 16.4. The Labute approximate surface area is 247 Å². The first-order valence-electron chi connectivity index (χ1n) is 13.8. The molecule has 0 radical (unpaired) electrons. The first-order valence-corrected chi connectivity index (χ1v) is 13.8. The Morgan fingerprint density at radius 2 is 1.51 bits per heavy atom. The van der Waals surface area contributed by atoms with Crippen LogP contribution in [0.3, 0.4) is 0 Å². The molecule has 0 spiro atoms. The lowest BCUT2D eigenvalue weighted by Gasteiger charge is -2.26. The molecule has 13 nitrogen and oxygen atoms in total. The third kappa shape index (κ3) is 8.27. The summed E-state index contributed by atoms with van der Waals surface area (Å²) in [6, 6.07) is 11.4. The van der Waals surface area contributed by atoms with E-state index in [0.29, 0.717) is 11.3 Å². The zero-order valence-electron chi connectivity index (χ0n) is 23.5. The third-order valence-corrected chi connectivity index (χ3v) is 7.03. The molecule has 5 atom stereocenters. The standard InChI is InChI=1S/C30H35N7O6/c1-17(38)26(30(42)43)37-29(41)24(11-18-7-3-2-4-8-18)36-28(40)25(12-19-14-33-23-10-6-5-9-21(19)23)35-27(39)22(31)13-20-15-32-16-34-20/h2-10,14-17,22,24-26,33,38H,11-13,31H2,1H3,(H,32,34)(H,35,39)(H,36,40)(H,37,41)(H,42,43). The highest BCUT2D eigenvalue weighted by Crippen LogP contribution is 2.19. The second-order valence-corrected chi connectivity index (χ2v) is 10.3. The van der Waals surface area contributed by atoms with E-state index in [1.807, 2.05) is 24.3 Å². The number of aromatic nitrogens is 3. The van der Waals surface area contributed by atoms with E-state index >= 15 is 0 Å². The van der Waals surface area contributed by atoms with Crippen molar-refractivity contribution >= 4 is 34.6 Å². The number of aromatic amines is 2. The number of imidazole rings is 1. The van der Waals surface area contributed by atoms with Gasteiger partial charge in [-0.15, -0.1) is 0 Å². The van der Waals surface area contributed by atoms with Gasteiger partial charge in [0, 0.05) is 48.3 Å². The highest BCUT2D eigenvalue weighted by Gasteiger charge is 2.32. The molecule has 5 unspecified atom stereocenters. The van der Waals surface area contributed by atoms with Gasteiger partial charge in [-0.3, -0.25) is 14.4 Å². The number of hydrogen-bond acceptors (Lipinski definition) is 7. The Kier molecular flexibility index (Phi) is 10.3. The van der Waals surface area contributed by atoms with Crippen molar-refractivity contribution in [2.75, 3.05) is 0 Å². The van der Waals surface area contributed by atoms with E-state index in [9.17, 15) is 29.4 Å². The summed E-state index contributed by atoms with van der Waals surface area (Å²) in [5, 5.41) is 28.0. The average Bonchev–Trinajstić information content (AvgIpc) is 3.65. The van der Waals surface area contributed by atoms with E-state index in [1.54, 1.807) is 42.7 Å². The third-order valence-electron chi connectivity index (χ3n) is 7.03. The molecule has 0 aliphatic carbocycles. The SMILES string of the molecule is CC(O)C(NC(=O)C(Cc1ccccc1)NC(=O)C(Cc1c[nH]c2ccccc12)NC(=O)C(N)Cc1cnc[nH]1)C(=O)O. The Morgan fingerprint density at radius 3 is 2.19 bits per heavy atom. The summed E-state index contributed by atoms with van der Waals surface area (Å²) in [4.78, 5) is 61.9. The van der Waals surface area contributed by atoms with E-state index in [-0.39, 0.29) is 19.3 Å². The molecule has 0 bridgehead atoms. The number of para-hydroxylation sites is 1. The number of nitrogens with two attached hydrogens (primary N) is 1. The fourth-order valence-electron chi connectivity index (χ4n) is 4.71. The van der Waals surface area contributed by atoms with Gasteiger partial charge < -0.3 is 41.9 Å². The number of aliphatic hydroxyl groups is 1. The van der Waals surface area contributed by atoms with Gasteiger partial charge in [0.15, 0.2) is 6.04 Å². The number of aliphatic hydroxyl groups excluding tert-OH is 1. The number of carboxylic acids is 1. The van der Waals surface area contributed by atoms with Crippen LogP contribution in [0.2, 0.25) is 0 Å². The van der Waals surface area contributed by atoms with Gasteiger partial charge in [0.2, 0.25) is 17.7 Å². The van der Waals surface area contributed by atoms with Crippen LogP contribution < -0.4 is 21.7 Å². The van der Waals surface area contributed by atoms with Crippen LogP contribution in [-0.2, 0) is 38.4 Å². The summed E-state index contributed by atoms with van der Waals surface area (Å²) in [5.74, 6) is -3.49. The quantitative estimate of drug-likeness (QED) is 0.101. The molecule has 0 saturated carbocycles. The molecule has 2 aromatic carbocycles. The Balaban J connectivity index is 1.59. The van der Waals surface area contributed by atoms with Crippen molar-refractivity contribution in [2.24, 2.45) is 5.73 Å². The molecule has 2 aromatic heterocycles. The lowest BCUT2D eigenvalue weighted by atomic mass is 10.0. The topological polar surface area (TPSA) is 215 Å². The van der Waals surface area contributed by atoms with Gasteiger partial charge in [0.25, 0.3) is 0 Å². The fraction of sp³-hybridized carbons (Fsp3) is 0.300. The number of fused-ring (bicyclic) bond motifs is 1. The number of carbonyl (C=O) groups is 4. The summed E-state index contributed by atoms with van der Waals surface area (Å²) in [7, 11) is 0. The first kappa shape index (κ1) is 30.9. The fourth-order valence-corrected chi connectivity index (χ4v) is 4.71. The predicted octanol–water partition coefficient (Wildman–Crippen LogP) is 0.166. The number of amides is 3. The average molecular weight is 590 g/mol. The van der Waals surface area contributed by atoms with Crippen molar-refractivity contribution in [1.82, 2.24) is 30.9 Å². The maximum atomic E-state index is 13.8. The molecule has 13 heteroatoms. The van der Waals surface area contributed by atoms with Gasteiger partial charge >= 0.3 is 5.97 Å². The molecular weight excluding hydrogens is 554 g/mol. The molecule has 9 N–H and O–H groups in total. The second kappa shape index (κ2) is 14.2. The van der Waals surface area contributed by atoms with Crippen molar-refractivity contribution < 1.29 is 29.4 Å². The van der Waals surface area contributed by atoms with Crippen LogP contribution in [0.5, 0.6) is 0 Å². The molecule has 0 fully saturated rings. The summed E-state index contributed by atoms with van der Waals surface area (Å²) in [5.41, 5.74) is 9.08. The van der Waals surface area contributed by atoms with Crippen LogP contribution in [0.15, 0.2) is 73.3 Å². The number of benzene rings is 2. The predicted molar refractivity (Wildman–Crippen MR) is 158 cm³/mol. The Bertz CT molecular complexity index is 1540. The lowest BCUT2D eigenvalue weighted by molar-refractivity contribution is -0.145. The molecule has 4 aromatic rings. The number of nitrogens with one attached hydrogen (secondary N) is 5. The number of carbonyl (C=O) groups excluding carboxylic acids is 3. The Morgan fingerprint density at radius 1 is 0.860 bits per heavy atom. The summed E-state index contributed by atoms with van der Waals surface area (Å²) in [6.07, 6.45) is 3.63. The van der Waals surface area contributed by atoms with Crippen LogP contribution in [0, 0.1) is 0 Å². The normalized spacial score (nSPS) is 14.7. The van der Waals surface area contributed by atoms with Gasteiger partial charge in [-0.05, 0) is 24.1 Å². The van der Waals surface area contributed by atoms with Gasteiger partial charge in [0.05, 0.1) is 18.5 Å². The largest absolute Gasteiger partial charge is 0.480 e. The number of aliphatic carboxylic acids is 1. The monoisotopic (exact) mass is 589 g/mol. The first-order chi connectivity index (χ1) is 20.6. The number of H-pyrrole nitrogens is 2. The minimum Gasteiger partial charge on any atom is -0.480 e. The van der Waals surface area contributed by atoms with Crippen molar-refractivity contribution in [3.8, 4) is 0 Å². The number of hydrogen-bond donors (Lipinski definition) is 8. The molecule has 0 aliphatic rings. The van der Waals surface area contributed by atoms with Crippen LogP contribution in [-0.4, -0.2) is 79.1 Å². The van der Waals surface area contributed by atoms with Crippen molar-refractivity contribution in [3.63, 3.8) is 0 Å². The van der Waals surface area contributed by atoms with Crippen LogP contribution in [0.25, 0.3) is 10.9 Å². The van der Waals surface area contributed by atoms with Crippen molar-refractivity contribution in [3.05, 3.63) is 90.1 Å². The molecule has 226 valence electrons. The number of rotatable bonds is 14. The molecule has 3 amide bonds. The Hall–Kier alpha value is -5.01. The molecule has 0 aliphatic heterocycles. The highest BCUT2D eigenvalue weighted by molar-refractivity contribution is 5.95. The van der Waals surface area contributed by atoms with Crippen molar-refractivity contribution in [2.45, 2.75) is 56.5 Å². The number of nitrogens with zero attached hydrogens (tertiary/aromatic N) is 1. The smallest absolute Gasteiger partial charge is 0.328 e. The summed E-state index contributed by atoms with van der Waals surface area (Å²) >= 11 is 0. The van der Waals surface area contributed by atoms with E-state index in [2.05, 4.69) is 30.9 Å². The van der Waals surface area contributed by atoms with Gasteiger partial charge in [-0.25, -0.2) is 9.78 Å². The van der Waals surface area contributed by atoms with Crippen LogP contribution in [0.1, 0.15) is 23.7 Å². The van der Waals surface area contributed by atoms with E-state index in [0.717, 1.165) is 16.5 Å². The second-order valence-electron chi connectivity index (χ2n) is 10.3. The maximum Gasteiger partial charge on any atom is 0.328 e. The van der Waals surface area contributed by atoms with E-state index in [4.69, 9.17) is 5.73 Å². The zero-order chi connectivity index (χ0) is 30.9. The lowest BCUT2D eigenvalue weighted by Crippen LogP contribution is -2.59. The molecule has 2 heterocycles. The molecule has 4 rings (SSSR count). The van der Waals surface area contributed by atoms with Gasteiger partial charge in [-0.1, -0.05) is 48.5 Å². The molecule has 43 heavy (non-hydrogen) atoms. The van der Waals surface area contributed by atoms with Crippen molar-refractivity contribution in [1.29, 1.82) is 0 Å². The molecular formula is C30H35N7O6. The van der Waals surface area contributed by atoms with Crippen LogP contribution >= 0.6 is 0 Å². The summed E-state index contributed by atoms with van der Waals surface area (Å²) in [6.45, 7) is 1.24. The minimum absolute atomic E-state index is 0.0254. The van der Waals surface area contributed by atoms with Crippen LogP contribution in [0.4, 0.5) is 0 Å². The minimum atomic E-state index is -1.59. The van der Waals surface area contributed by atoms with Gasteiger partial charge in [-0.2, -0.15) is 0 Å². The molecule has 0 saturated heterocycles. The zero-order valence-corrected chi connectivity index (χ0v) is 23.5. The van der Waals surface area contributed by atoms with Gasteiger partial charge in [0.1, 0.15) is 12.1 Å². The maximum absolute atomic E-state index is 13.8. The van der Waals surface area contributed by atoms with E-state index < -0.39 is 54.0 Å². The number of carboxylic acid groups (broad SMARTS) is 1. The van der Waals surface area contributed by atoms with E-state index in [1.165, 1.54) is 13.3 Å².